The van der Waals surface area contributed by atoms with E-state index in [9.17, 15) is 9.90 Å². The molecule has 3 N–H and O–H groups in total. The lowest BCUT2D eigenvalue weighted by atomic mass is 9.64. The Balaban J connectivity index is 1.81. The number of rotatable bonds is 3. The Labute approximate surface area is 127 Å². The topological polar surface area (TPSA) is 78.0 Å². The van der Waals surface area contributed by atoms with Gasteiger partial charge in [0.1, 0.15) is 10.7 Å². The Kier molecular flexibility index (Phi) is 3.43. The molecule has 0 bridgehead atoms. The highest BCUT2D eigenvalue weighted by Crippen LogP contribution is 2.40. The fraction of sp³-hybridized carbons (Fsp3) is 0.600. The third-order valence-electron chi connectivity index (χ3n) is 4.82. The quantitative estimate of drug-likeness (QED) is 0.808. The van der Waals surface area contributed by atoms with Crippen LogP contribution in [0.1, 0.15) is 36.5 Å². The van der Waals surface area contributed by atoms with E-state index < -0.39 is 0 Å². The molecular formula is C15H21N3O2S. The molecule has 114 valence electrons. The number of hydrogen-bond acceptors (Lipinski definition) is 5. The number of nitrogens with one attached hydrogen (secondary N) is 2. The minimum atomic E-state index is -0.257. The van der Waals surface area contributed by atoms with E-state index in [0.29, 0.717) is 17.8 Å². The highest BCUT2D eigenvalue weighted by molar-refractivity contribution is 7.18. The Morgan fingerprint density at radius 1 is 1.48 bits per heavy atom. The van der Waals surface area contributed by atoms with Gasteiger partial charge in [0.25, 0.3) is 5.56 Å². The summed E-state index contributed by atoms with van der Waals surface area (Å²) < 4.78 is 0. The number of H-pyrrole nitrogens is 1. The molecule has 2 heterocycles. The molecule has 5 nitrogen and oxygen atoms in total. The number of aromatic nitrogens is 2. The largest absolute Gasteiger partial charge is 0.392 e. The molecule has 1 aliphatic rings. The van der Waals surface area contributed by atoms with Crippen LogP contribution in [0.2, 0.25) is 0 Å². The Morgan fingerprint density at radius 2 is 2.19 bits per heavy atom. The van der Waals surface area contributed by atoms with Gasteiger partial charge in [-0.1, -0.05) is 13.8 Å². The first kappa shape index (κ1) is 14.7. The second kappa shape index (κ2) is 4.90. The van der Waals surface area contributed by atoms with Crippen LogP contribution >= 0.6 is 11.3 Å². The maximum Gasteiger partial charge on any atom is 0.259 e. The predicted octanol–water partition coefficient (Wildman–Crippen LogP) is 1.85. The zero-order chi connectivity index (χ0) is 15.4. The van der Waals surface area contributed by atoms with Crippen molar-refractivity contribution in [3.8, 4) is 0 Å². The van der Waals surface area contributed by atoms with Crippen molar-refractivity contribution in [1.82, 2.24) is 15.3 Å². The average Bonchev–Trinajstić information content (AvgIpc) is 2.70. The van der Waals surface area contributed by atoms with E-state index >= 15 is 0 Å². The molecule has 2 aromatic heterocycles. The van der Waals surface area contributed by atoms with Crippen molar-refractivity contribution in [3.05, 3.63) is 26.6 Å². The number of aliphatic hydroxyl groups excluding tert-OH is 1. The summed E-state index contributed by atoms with van der Waals surface area (Å²) in [6.45, 7) is 8.58. The van der Waals surface area contributed by atoms with Crippen LogP contribution in [-0.4, -0.2) is 27.2 Å². The molecule has 2 atom stereocenters. The lowest BCUT2D eigenvalue weighted by Gasteiger charge is -2.49. The van der Waals surface area contributed by atoms with Gasteiger partial charge in [0.15, 0.2) is 0 Å². The summed E-state index contributed by atoms with van der Waals surface area (Å²) in [4.78, 5) is 21.5. The van der Waals surface area contributed by atoms with Crippen molar-refractivity contribution < 1.29 is 5.11 Å². The maximum absolute atomic E-state index is 12.2. The van der Waals surface area contributed by atoms with Crippen molar-refractivity contribution in [2.45, 2.75) is 52.8 Å². The minimum absolute atomic E-state index is 0.0634. The van der Waals surface area contributed by atoms with Crippen molar-refractivity contribution in [1.29, 1.82) is 0 Å². The second-order valence-corrected chi connectivity index (χ2v) is 7.69. The van der Waals surface area contributed by atoms with Crippen molar-refractivity contribution in [3.63, 3.8) is 0 Å². The van der Waals surface area contributed by atoms with E-state index in [1.807, 2.05) is 27.7 Å². The highest BCUT2D eigenvalue weighted by Gasteiger charge is 2.46. The molecule has 0 radical (unpaired) electrons. The molecule has 0 saturated heterocycles. The molecule has 1 fully saturated rings. The normalized spacial score (nSPS) is 24.2. The second-order valence-electron chi connectivity index (χ2n) is 6.48. The summed E-state index contributed by atoms with van der Waals surface area (Å²) in [6.07, 6.45) is 0.489. The van der Waals surface area contributed by atoms with Gasteiger partial charge in [0, 0.05) is 16.3 Å². The number of fused-ring (bicyclic) bond motifs is 1. The molecule has 0 amide bonds. The highest BCUT2D eigenvalue weighted by atomic mass is 32.1. The monoisotopic (exact) mass is 307 g/mol. The SMILES string of the molecule is Cc1sc2nc(CNC3CC(O)C3(C)C)[nH]c(=O)c2c1C. The van der Waals surface area contributed by atoms with Crippen molar-refractivity contribution in [2.24, 2.45) is 5.41 Å². The number of aryl methyl sites for hydroxylation is 2. The van der Waals surface area contributed by atoms with Gasteiger partial charge in [-0.05, 0) is 25.8 Å². The molecular weight excluding hydrogens is 286 g/mol. The van der Waals surface area contributed by atoms with Gasteiger partial charge < -0.3 is 15.4 Å². The fourth-order valence-corrected chi connectivity index (χ4v) is 3.90. The van der Waals surface area contributed by atoms with Crippen LogP contribution in [0.3, 0.4) is 0 Å². The first-order valence-corrected chi connectivity index (χ1v) is 8.02. The third-order valence-corrected chi connectivity index (χ3v) is 5.92. The molecule has 1 aliphatic carbocycles. The van der Waals surface area contributed by atoms with E-state index in [1.54, 1.807) is 11.3 Å². The molecule has 3 rings (SSSR count). The standard InChI is InChI=1S/C15H21N3O2S/c1-7-8(2)21-14-12(7)13(20)17-11(18-14)6-16-9-5-10(19)15(9,3)4/h9-10,16,19H,5-6H2,1-4H3,(H,17,18,20). The lowest BCUT2D eigenvalue weighted by molar-refractivity contribution is -0.0731. The zero-order valence-corrected chi connectivity index (χ0v) is 13.6. The van der Waals surface area contributed by atoms with E-state index in [1.165, 1.54) is 0 Å². The first-order chi connectivity index (χ1) is 9.80. The first-order valence-electron chi connectivity index (χ1n) is 7.21. The van der Waals surface area contributed by atoms with Crippen LogP contribution in [0.25, 0.3) is 10.2 Å². The van der Waals surface area contributed by atoms with Crippen LogP contribution < -0.4 is 10.9 Å². The summed E-state index contributed by atoms with van der Waals surface area (Å²) >= 11 is 1.56. The molecule has 1 saturated carbocycles. The van der Waals surface area contributed by atoms with Crippen LogP contribution in [-0.2, 0) is 6.54 Å². The van der Waals surface area contributed by atoms with Gasteiger partial charge >= 0.3 is 0 Å². The predicted molar refractivity (Wildman–Crippen MR) is 84.7 cm³/mol. The van der Waals surface area contributed by atoms with E-state index in [4.69, 9.17) is 0 Å². The number of aliphatic hydroxyl groups is 1. The fourth-order valence-electron chi connectivity index (χ4n) is 2.85. The summed E-state index contributed by atoms with van der Waals surface area (Å²) in [5.74, 6) is 0.658. The molecule has 2 unspecified atom stereocenters. The summed E-state index contributed by atoms with van der Waals surface area (Å²) in [6, 6.07) is 0.250. The van der Waals surface area contributed by atoms with E-state index in [0.717, 1.165) is 21.7 Å². The Hall–Kier alpha value is -1.24. The molecule has 0 aliphatic heterocycles. The Bertz CT molecular complexity index is 747. The smallest absolute Gasteiger partial charge is 0.259 e. The molecule has 6 heteroatoms. The number of nitrogens with zero attached hydrogens (tertiary/aromatic N) is 1. The van der Waals surface area contributed by atoms with E-state index in [2.05, 4.69) is 15.3 Å². The van der Waals surface area contributed by atoms with Gasteiger partial charge in [-0.15, -0.1) is 11.3 Å². The van der Waals surface area contributed by atoms with Gasteiger partial charge in [0.05, 0.1) is 18.0 Å². The van der Waals surface area contributed by atoms with Gasteiger partial charge in [-0.2, -0.15) is 0 Å². The average molecular weight is 307 g/mol. The van der Waals surface area contributed by atoms with Crippen molar-refractivity contribution >= 4 is 21.6 Å². The van der Waals surface area contributed by atoms with Gasteiger partial charge in [-0.25, -0.2) is 4.98 Å². The minimum Gasteiger partial charge on any atom is -0.392 e. The van der Waals surface area contributed by atoms with E-state index in [-0.39, 0.29) is 23.1 Å². The molecule has 0 spiro atoms. The summed E-state index contributed by atoms with van der Waals surface area (Å²) in [7, 11) is 0. The lowest BCUT2D eigenvalue weighted by Crippen LogP contribution is -2.59. The molecule has 2 aromatic rings. The van der Waals surface area contributed by atoms with Crippen molar-refractivity contribution in [2.75, 3.05) is 0 Å². The zero-order valence-electron chi connectivity index (χ0n) is 12.8. The van der Waals surface area contributed by atoms with Crippen LogP contribution in [0.4, 0.5) is 0 Å². The Morgan fingerprint density at radius 3 is 2.81 bits per heavy atom. The van der Waals surface area contributed by atoms with Crippen LogP contribution in [0, 0.1) is 19.3 Å². The van der Waals surface area contributed by atoms with Crippen LogP contribution in [0.5, 0.6) is 0 Å². The summed E-state index contributed by atoms with van der Waals surface area (Å²) in [5, 5.41) is 13.8. The molecule has 21 heavy (non-hydrogen) atoms. The van der Waals surface area contributed by atoms with Gasteiger partial charge in [0.2, 0.25) is 0 Å². The maximum atomic E-state index is 12.2. The van der Waals surface area contributed by atoms with Crippen LogP contribution in [0.15, 0.2) is 4.79 Å². The third kappa shape index (κ3) is 2.31. The van der Waals surface area contributed by atoms with Gasteiger partial charge in [-0.3, -0.25) is 4.79 Å². The molecule has 0 aromatic carbocycles. The number of aromatic amines is 1. The number of hydrogen-bond donors (Lipinski definition) is 3. The number of thiophene rings is 1. The summed E-state index contributed by atoms with van der Waals surface area (Å²) in [5.41, 5.74) is 0.832.